The third kappa shape index (κ3) is 4.35. The fraction of sp³-hybridized carbons (Fsp3) is 0.263. The number of hydrogen-bond donors (Lipinski definition) is 1. The van der Waals surface area contributed by atoms with Crippen molar-refractivity contribution in [2.75, 3.05) is 12.4 Å². The molecule has 1 atom stereocenters. The topological polar surface area (TPSA) is 64.6 Å². The number of ketones is 1. The van der Waals surface area contributed by atoms with E-state index in [9.17, 15) is 9.59 Å². The molecular weight excluding hydrogens is 306 g/mol. The van der Waals surface area contributed by atoms with Crippen LogP contribution in [0, 0.1) is 6.92 Å². The molecule has 2 rings (SSSR count). The average molecular weight is 327 g/mol. The number of amides is 1. The Morgan fingerprint density at radius 1 is 1.08 bits per heavy atom. The molecule has 0 bridgehead atoms. The van der Waals surface area contributed by atoms with Crippen molar-refractivity contribution in [1.29, 1.82) is 0 Å². The Balaban J connectivity index is 2.07. The van der Waals surface area contributed by atoms with E-state index in [-0.39, 0.29) is 11.7 Å². The zero-order valence-corrected chi connectivity index (χ0v) is 14.3. The van der Waals surface area contributed by atoms with Crippen LogP contribution >= 0.6 is 0 Å². The third-order valence-electron chi connectivity index (χ3n) is 3.53. The maximum absolute atomic E-state index is 12.3. The molecule has 2 aromatic rings. The van der Waals surface area contributed by atoms with E-state index in [1.807, 2.05) is 19.1 Å². The molecule has 0 aromatic heterocycles. The smallest absolute Gasteiger partial charge is 0.265 e. The Morgan fingerprint density at radius 3 is 2.50 bits per heavy atom. The predicted octanol–water partition coefficient (Wildman–Crippen LogP) is 3.61. The van der Waals surface area contributed by atoms with Crippen LogP contribution in [0.5, 0.6) is 11.5 Å². The molecule has 1 N–H and O–H groups in total. The molecule has 0 saturated carbocycles. The minimum atomic E-state index is -0.720. The van der Waals surface area contributed by atoms with Gasteiger partial charge in [0.1, 0.15) is 0 Å². The van der Waals surface area contributed by atoms with Crippen LogP contribution in [0.1, 0.15) is 29.8 Å². The van der Waals surface area contributed by atoms with E-state index in [0.29, 0.717) is 22.7 Å². The van der Waals surface area contributed by atoms with Crippen LogP contribution in [-0.4, -0.2) is 24.9 Å². The molecule has 0 fully saturated rings. The molecule has 0 saturated heterocycles. The molecular formula is C19H21NO4. The normalized spacial score (nSPS) is 11.5. The molecule has 0 heterocycles. The minimum Gasteiger partial charge on any atom is -0.493 e. The zero-order chi connectivity index (χ0) is 17.7. The quantitative estimate of drug-likeness (QED) is 0.823. The van der Waals surface area contributed by atoms with Gasteiger partial charge < -0.3 is 14.8 Å². The van der Waals surface area contributed by atoms with Crippen molar-refractivity contribution in [3.63, 3.8) is 0 Å². The summed E-state index contributed by atoms with van der Waals surface area (Å²) < 4.78 is 11.0. The Labute approximate surface area is 141 Å². The molecule has 0 spiro atoms. The van der Waals surface area contributed by atoms with Gasteiger partial charge in [-0.1, -0.05) is 18.2 Å². The van der Waals surface area contributed by atoms with Gasteiger partial charge in [-0.2, -0.15) is 0 Å². The van der Waals surface area contributed by atoms with Gasteiger partial charge in [0.15, 0.2) is 23.4 Å². The first-order chi connectivity index (χ1) is 11.4. The van der Waals surface area contributed by atoms with Crippen LogP contribution in [0.25, 0.3) is 0 Å². The summed E-state index contributed by atoms with van der Waals surface area (Å²) in [4.78, 5) is 23.7. The van der Waals surface area contributed by atoms with E-state index >= 15 is 0 Å². The highest BCUT2D eigenvalue weighted by atomic mass is 16.5. The standard InChI is InChI=1S/C19H21NO4/c1-12-8-9-17(18(10-12)23-4)24-14(3)19(22)20-16-7-5-6-15(11-16)13(2)21/h5-11,14H,1-4H3,(H,20,22). The van der Waals surface area contributed by atoms with Crippen LogP contribution in [0.3, 0.4) is 0 Å². The van der Waals surface area contributed by atoms with Crippen molar-refractivity contribution < 1.29 is 19.1 Å². The minimum absolute atomic E-state index is 0.0558. The molecule has 0 radical (unpaired) electrons. The van der Waals surface area contributed by atoms with Gasteiger partial charge in [0, 0.05) is 11.3 Å². The predicted molar refractivity (Wildman–Crippen MR) is 92.9 cm³/mol. The molecule has 2 aromatic carbocycles. The zero-order valence-electron chi connectivity index (χ0n) is 14.3. The molecule has 126 valence electrons. The Morgan fingerprint density at radius 2 is 1.83 bits per heavy atom. The largest absolute Gasteiger partial charge is 0.493 e. The lowest BCUT2D eigenvalue weighted by molar-refractivity contribution is -0.122. The first-order valence-electron chi connectivity index (χ1n) is 7.64. The average Bonchev–Trinajstić information content (AvgIpc) is 2.56. The second-order valence-electron chi connectivity index (χ2n) is 5.54. The second kappa shape index (κ2) is 7.64. The second-order valence-corrected chi connectivity index (χ2v) is 5.54. The van der Waals surface area contributed by atoms with Crippen molar-refractivity contribution in [3.8, 4) is 11.5 Å². The number of carbonyl (C=O) groups excluding carboxylic acids is 2. The highest BCUT2D eigenvalue weighted by molar-refractivity contribution is 5.98. The molecule has 5 heteroatoms. The number of Topliss-reactive ketones (excluding diaryl/α,β-unsaturated/α-hetero) is 1. The van der Waals surface area contributed by atoms with E-state index in [1.54, 1.807) is 44.4 Å². The number of carbonyl (C=O) groups is 2. The summed E-state index contributed by atoms with van der Waals surface area (Å²) in [5.74, 6) is 0.717. The molecule has 1 unspecified atom stereocenters. The summed E-state index contributed by atoms with van der Waals surface area (Å²) >= 11 is 0. The van der Waals surface area contributed by atoms with Gasteiger partial charge in [0.2, 0.25) is 0 Å². The Kier molecular flexibility index (Phi) is 5.58. The van der Waals surface area contributed by atoms with Crippen LogP contribution in [0.15, 0.2) is 42.5 Å². The third-order valence-corrected chi connectivity index (χ3v) is 3.53. The van der Waals surface area contributed by atoms with E-state index in [1.165, 1.54) is 6.92 Å². The van der Waals surface area contributed by atoms with Gasteiger partial charge in [0.25, 0.3) is 5.91 Å². The molecule has 0 aliphatic heterocycles. The maximum Gasteiger partial charge on any atom is 0.265 e. The van der Waals surface area contributed by atoms with Gasteiger partial charge in [-0.25, -0.2) is 0 Å². The van der Waals surface area contributed by atoms with E-state index in [4.69, 9.17) is 9.47 Å². The highest BCUT2D eigenvalue weighted by Crippen LogP contribution is 2.28. The van der Waals surface area contributed by atoms with Gasteiger partial charge in [-0.3, -0.25) is 9.59 Å². The number of anilines is 1. The number of ether oxygens (including phenoxy) is 2. The molecule has 0 aliphatic carbocycles. The molecule has 24 heavy (non-hydrogen) atoms. The number of hydrogen-bond acceptors (Lipinski definition) is 4. The summed E-state index contributed by atoms with van der Waals surface area (Å²) in [7, 11) is 1.56. The Hall–Kier alpha value is -2.82. The van der Waals surface area contributed by atoms with Crippen LogP contribution in [0.2, 0.25) is 0 Å². The fourth-order valence-corrected chi connectivity index (χ4v) is 2.18. The van der Waals surface area contributed by atoms with Gasteiger partial charge in [-0.05, 0) is 50.6 Å². The van der Waals surface area contributed by atoms with Crippen LogP contribution in [-0.2, 0) is 4.79 Å². The first kappa shape index (κ1) is 17.5. The Bertz CT molecular complexity index is 755. The lowest BCUT2D eigenvalue weighted by atomic mass is 10.1. The lowest BCUT2D eigenvalue weighted by Crippen LogP contribution is -2.30. The molecule has 0 aliphatic rings. The summed E-state index contributed by atoms with van der Waals surface area (Å²) in [6.45, 7) is 5.09. The first-order valence-corrected chi connectivity index (χ1v) is 7.64. The van der Waals surface area contributed by atoms with E-state index in [0.717, 1.165) is 5.56 Å². The monoisotopic (exact) mass is 327 g/mol. The number of nitrogens with one attached hydrogen (secondary N) is 1. The van der Waals surface area contributed by atoms with E-state index in [2.05, 4.69) is 5.32 Å². The molecule has 5 nitrogen and oxygen atoms in total. The van der Waals surface area contributed by atoms with Gasteiger partial charge in [0.05, 0.1) is 7.11 Å². The van der Waals surface area contributed by atoms with Crippen molar-refractivity contribution in [3.05, 3.63) is 53.6 Å². The lowest BCUT2D eigenvalue weighted by Gasteiger charge is -2.17. The fourth-order valence-electron chi connectivity index (χ4n) is 2.18. The van der Waals surface area contributed by atoms with Gasteiger partial charge in [-0.15, -0.1) is 0 Å². The van der Waals surface area contributed by atoms with Crippen molar-refractivity contribution in [2.45, 2.75) is 26.9 Å². The van der Waals surface area contributed by atoms with Crippen LogP contribution in [0.4, 0.5) is 5.69 Å². The van der Waals surface area contributed by atoms with Crippen molar-refractivity contribution in [2.24, 2.45) is 0 Å². The summed E-state index contributed by atoms with van der Waals surface area (Å²) in [6, 6.07) is 12.3. The molecule has 1 amide bonds. The summed E-state index contributed by atoms with van der Waals surface area (Å²) in [5.41, 5.74) is 2.14. The number of methoxy groups -OCH3 is 1. The van der Waals surface area contributed by atoms with E-state index < -0.39 is 6.10 Å². The maximum atomic E-state index is 12.3. The summed E-state index contributed by atoms with van der Waals surface area (Å²) in [5, 5.41) is 2.75. The van der Waals surface area contributed by atoms with Crippen LogP contribution < -0.4 is 14.8 Å². The number of rotatable bonds is 6. The SMILES string of the molecule is COc1cc(C)ccc1OC(C)C(=O)Nc1cccc(C(C)=O)c1. The van der Waals surface area contributed by atoms with Crippen molar-refractivity contribution in [1.82, 2.24) is 0 Å². The number of benzene rings is 2. The highest BCUT2D eigenvalue weighted by Gasteiger charge is 2.17. The number of aryl methyl sites for hydroxylation is 1. The summed E-state index contributed by atoms with van der Waals surface area (Å²) in [6.07, 6.45) is -0.720. The van der Waals surface area contributed by atoms with Crippen molar-refractivity contribution >= 4 is 17.4 Å². The van der Waals surface area contributed by atoms with Gasteiger partial charge >= 0.3 is 0 Å².